The fourth-order valence-corrected chi connectivity index (χ4v) is 0.833. The lowest BCUT2D eigenvalue weighted by Crippen LogP contribution is -2.01. The van der Waals surface area contributed by atoms with Gasteiger partial charge in [0.15, 0.2) is 0 Å². The predicted octanol–water partition coefficient (Wildman–Crippen LogP) is 0.0823. The second-order valence-corrected chi connectivity index (χ2v) is 2.20. The summed E-state index contributed by atoms with van der Waals surface area (Å²) in [4.78, 5) is 9.72. The van der Waals surface area contributed by atoms with Crippen molar-refractivity contribution in [3.63, 3.8) is 0 Å². The Balaban J connectivity index is 2.98. The lowest BCUT2D eigenvalue weighted by Gasteiger charge is -2.02. The molecule has 6 nitrogen and oxygen atoms in total. The van der Waals surface area contributed by atoms with Crippen molar-refractivity contribution >= 4 is 19.1 Å². The van der Waals surface area contributed by atoms with E-state index in [1.165, 1.54) is 18.2 Å². The monoisotopic (exact) mass is 181 g/mol. The summed E-state index contributed by atoms with van der Waals surface area (Å²) >= 11 is 0. The molecule has 0 aliphatic rings. The van der Waals surface area contributed by atoms with Crippen LogP contribution >= 0.6 is 0 Å². The van der Waals surface area contributed by atoms with Crippen molar-refractivity contribution in [1.82, 2.24) is 0 Å². The lowest BCUT2D eigenvalue weighted by atomic mass is 10.2. The van der Waals surface area contributed by atoms with Crippen molar-refractivity contribution in [2.45, 2.75) is 0 Å². The number of anilines is 1. The third kappa shape index (κ3) is 2.09. The summed E-state index contributed by atoms with van der Waals surface area (Å²) in [5.41, 5.74) is 5.14. The highest BCUT2D eigenvalue weighted by atomic mass is 16.6. The van der Waals surface area contributed by atoms with E-state index in [2.05, 4.69) is 4.65 Å². The van der Waals surface area contributed by atoms with Crippen LogP contribution in [0.25, 0.3) is 0 Å². The van der Waals surface area contributed by atoms with Crippen LogP contribution < -0.4 is 10.4 Å². The number of nitrogen functional groups attached to an aromatic ring is 1. The summed E-state index contributed by atoms with van der Waals surface area (Å²) in [5.74, 6) is 0.241. The first-order valence-corrected chi connectivity index (χ1v) is 3.31. The zero-order valence-corrected chi connectivity index (χ0v) is 6.51. The Kier molecular flexibility index (Phi) is 2.71. The second kappa shape index (κ2) is 3.77. The molecule has 0 aromatic heterocycles. The van der Waals surface area contributed by atoms with E-state index in [4.69, 9.17) is 10.8 Å². The minimum Gasteiger partial charge on any atom is -0.537 e. The maximum atomic E-state index is 10.3. The Morgan fingerprint density at radius 3 is 2.77 bits per heavy atom. The van der Waals surface area contributed by atoms with E-state index in [1.807, 2.05) is 0 Å². The number of nitrogens with zero attached hydrogens (tertiary/aromatic N) is 1. The lowest BCUT2D eigenvalue weighted by molar-refractivity contribution is -0.383. The fraction of sp³-hybridized carbons (Fsp3) is 0. The Labute approximate surface area is 74.4 Å². The number of rotatable bonds is 3. The summed E-state index contributed by atoms with van der Waals surface area (Å²) in [7, 11) is 0.473. The Hall–Kier alpha value is -1.76. The molecule has 1 aromatic carbocycles. The van der Waals surface area contributed by atoms with Gasteiger partial charge in [-0.25, -0.2) is 0 Å². The smallest absolute Gasteiger partial charge is 0.537 e. The largest absolute Gasteiger partial charge is 0.569 e. The average Bonchev–Trinajstić information content (AvgIpc) is 2.04. The molecule has 0 atom stereocenters. The normalized spacial score (nSPS) is 9.31. The molecule has 0 aliphatic heterocycles. The van der Waals surface area contributed by atoms with E-state index in [0.717, 1.165) is 0 Å². The SMILES string of the molecule is Nc1cc(O[B]O)ccc1[N+](=O)[O-]. The minimum atomic E-state index is -0.595. The van der Waals surface area contributed by atoms with Crippen molar-refractivity contribution < 1.29 is 14.6 Å². The molecule has 67 valence electrons. The minimum absolute atomic E-state index is 0.00986. The van der Waals surface area contributed by atoms with Gasteiger partial charge in [-0.15, -0.1) is 0 Å². The van der Waals surface area contributed by atoms with E-state index in [-0.39, 0.29) is 17.1 Å². The Morgan fingerprint density at radius 2 is 2.31 bits per heavy atom. The average molecular weight is 181 g/mol. The topological polar surface area (TPSA) is 98.6 Å². The van der Waals surface area contributed by atoms with Gasteiger partial charge in [-0.1, -0.05) is 0 Å². The highest BCUT2D eigenvalue weighted by Gasteiger charge is 2.11. The van der Waals surface area contributed by atoms with Gasteiger partial charge in [-0.3, -0.25) is 10.1 Å². The molecule has 1 aromatic rings. The quantitative estimate of drug-likeness (QED) is 0.297. The molecular weight excluding hydrogens is 175 g/mol. The van der Waals surface area contributed by atoms with Gasteiger partial charge in [0.25, 0.3) is 5.69 Å². The summed E-state index contributed by atoms with van der Waals surface area (Å²) in [6, 6.07) is 3.79. The van der Waals surface area contributed by atoms with Gasteiger partial charge in [-0.05, 0) is 6.07 Å². The van der Waals surface area contributed by atoms with Crippen molar-refractivity contribution in [2.24, 2.45) is 0 Å². The van der Waals surface area contributed by atoms with E-state index < -0.39 is 4.92 Å². The highest BCUT2D eigenvalue weighted by molar-refractivity contribution is 6.17. The third-order valence-electron chi connectivity index (χ3n) is 1.38. The molecule has 7 heteroatoms. The summed E-state index contributed by atoms with van der Waals surface area (Å²) in [6.07, 6.45) is 0. The highest BCUT2D eigenvalue weighted by Crippen LogP contribution is 2.25. The summed E-state index contributed by atoms with van der Waals surface area (Å²) in [5, 5.41) is 18.6. The number of hydrogen-bond acceptors (Lipinski definition) is 5. The predicted molar refractivity (Wildman–Crippen MR) is 46.1 cm³/mol. The molecule has 0 unspecified atom stereocenters. The van der Waals surface area contributed by atoms with Gasteiger partial charge in [0, 0.05) is 12.1 Å². The van der Waals surface area contributed by atoms with Gasteiger partial charge in [-0.2, -0.15) is 0 Å². The molecule has 0 saturated carbocycles. The van der Waals surface area contributed by atoms with Crippen LogP contribution in [0, 0.1) is 10.1 Å². The second-order valence-electron chi connectivity index (χ2n) is 2.20. The molecule has 0 amide bonds. The molecule has 13 heavy (non-hydrogen) atoms. The molecule has 0 fully saturated rings. The van der Waals surface area contributed by atoms with Gasteiger partial charge in [0.1, 0.15) is 11.4 Å². The zero-order chi connectivity index (χ0) is 9.84. The van der Waals surface area contributed by atoms with Crippen LogP contribution in [-0.2, 0) is 0 Å². The standard InChI is InChI=1S/C6H6BN2O4/c8-5-3-4(13-7-10)1-2-6(5)9(11)12/h1-3,10H,8H2. The van der Waals surface area contributed by atoms with Crippen molar-refractivity contribution in [3.8, 4) is 5.75 Å². The first kappa shape index (κ1) is 9.33. The maximum Gasteiger partial charge on any atom is 0.569 e. The van der Waals surface area contributed by atoms with Crippen molar-refractivity contribution in [2.75, 3.05) is 5.73 Å². The number of nitrogens with two attached hydrogens (primary N) is 1. The van der Waals surface area contributed by atoms with E-state index in [1.54, 1.807) is 0 Å². The van der Waals surface area contributed by atoms with Gasteiger partial charge in [0.05, 0.1) is 4.92 Å². The Morgan fingerprint density at radius 1 is 1.62 bits per heavy atom. The first-order chi connectivity index (χ1) is 6.15. The molecule has 3 N–H and O–H groups in total. The molecular formula is C6H6BN2O4. The molecule has 0 aliphatic carbocycles. The van der Waals surface area contributed by atoms with Crippen LogP contribution in [0.3, 0.4) is 0 Å². The van der Waals surface area contributed by atoms with Gasteiger partial charge >= 0.3 is 7.69 Å². The number of nitro benzene ring substituents is 1. The van der Waals surface area contributed by atoms with Crippen LogP contribution in [0.5, 0.6) is 5.75 Å². The van der Waals surface area contributed by atoms with Crippen molar-refractivity contribution in [3.05, 3.63) is 28.3 Å². The molecule has 0 saturated heterocycles. The molecule has 0 bridgehead atoms. The van der Waals surface area contributed by atoms with Gasteiger partial charge < -0.3 is 15.4 Å². The third-order valence-corrected chi connectivity index (χ3v) is 1.38. The molecule has 1 rings (SSSR count). The van der Waals surface area contributed by atoms with Gasteiger partial charge in [0.2, 0.25) is 0 Å². The number of nitro groups is 1. The Bertz CT molecular complexity index is 330. The first-order valence-electron chi connectivity index (χ1n) is 3.31. The van der Waals surface area contributed by atoms with Crippen LogP contribution in [-0.4, -0.2) is 17.6 Å². The van der Waals surface area contributed by atoms with E-state index in [9.17, 15) is 10.1 Å². The van der Waals surface area contributed by atoms with Crippen LogP contribution in [0.2, 0.25) is 0 Å². The summed E-state index contributed by atoms with van der Waals surface area (Å²) in [6.45, 7) is 0. The molecule has 0 spiro atoms. The van der Waals surface area contributed by atoms with E-state index >= 15 is 0 Å². The zero-order valence-electron chi connectivity index (χ0n) is 6.51. The molecule has 0 heterocycles. The van der Waals surface area contributed by atoms with Crippen molar-refractivity contribution in [1.29, 1.82) is 0 Å². The molecule has 1 radical (unpaired) electrons. The van der Waals surface area contributed by atoms with Crippen LogP contribution in [0.4, 0.5) is 11.4 Å². The van der Waals surface area contributed by atoms with Crippen LogP contribution in [0.15, 0.2) is 18.2 Å². The maximum absolute atomic E-state index is 10.3. The number of benzene rings is 1. The fourth-order valence-electron chi connectivity index (χ4n) is 0.833. The number of hydrogen-bond donors (Lipinski definition) is 2. The summed E-state index contributed by atoms with van der Waals surface area (Å²) < 4.78 is 4.55. The van der Waals surface area contributed by atoms with Crippen LogP contribution in [0.1, 0.15) is 0 Å². The van der Waals surface area contributed by atoms with E-state index in [0.29, 0.717) is 7.69 Å².